The third-order valence-corrected chi connectivity index (χ3v) is 5.03. The summed E-state index contributed by atoms with van der Waals surface area (Å²) in [6, 6.07) is 7.60. The van der Waals surface area contributed by atoms with Crippen LogP contribution >= 0.6 is 22.9 Å². The van der Waals surface area contributed by atoms with Crippen molar-refractivity contribution in [2.24, 2.45) is 0 Å². The maximum Gasteiger partial charge on any atom is 0.278 e. The molecule has 0 fully saturated rings. The number of carbonyl (C=O) groups is 1. The molecule has 2 aromatic heterocycles. The van der Waals surface area contributed by atoms with Gasteiger partial charge >= 0.3 is 0 Å². The predicted octanol–water partition coefficient (Wildman–Crippen LogP) is 2.40. The number of hydrogen-bond acceptors (Lipinski definition) is 6. The molecule has 0 aliphatic carbocycles. The number of hydrogen-bond donors (Lipinski definition) is 3. The molecule has 9 heteroatoms. The summed E-state index contributed by atoms with van der Waals surface area (Å²) in [5.41, 5.74) is 3.40. The summed E-state index contributed by atoms with van der Waals surface area (Å²) < 4.78 is 0. The minimum atomic E-state index is -0.272. The fourth-order valence-electron chi connectivity index (χ4n) is 2.77. The Hall–Kier alpha value is -2.29. The fourth-order valence-corrected chi connectivity index (χ4v) is 3.75. The van der Waals surface area contributed by atoms with E-state index in [4.69, 9.17) is 11.6 Å². The molecule has 0 saturated carbocycles. The zero-order valence-corrected chi connectivity index (χ0v) is 14.7. The lowest BCUT2D eigenvalue weighted by Crippen LogP contribution is -2.25. The minimum absolute atomic E-state index is 0.272. The first kappa shape index (κ1) is 16.2. The first-order valence-corrected chi connectivity index (χ1v) is 9.03. The summed E-state index contributed by atoms with van der Waals surface area (Å²) >= 11 is 7.34. The molecule has 3 heterocycles. The van der Waals surface area contributed by atoms with Gasteiger partial charge in [0, 0.05) is 42.2 Å². The van der Waals surface area contributed by atoms with Crippen molar-refractivity contribution in [3.05, 3.63) is 56.8 Å². The number of carbonyl (C=O) groups excluding carboxylic acids is 1. The number of benzene rings is 1. The van der Waals surface area contributed by atoms with Gasteiger partial charge in [-0.25, -0.2) is 0 Å². The molecule has 1 aliphatic heterocycles. The second-order valence-electron chi connectivity index (χ2n) is 5.72. The zero-order valence-electron chi connectivity index (χ0n) is 13.2. The molecule has 0 unspecified atom stereocenters. The highest BCUT2D eigenvalue weighted by Gasteiger charge is 2.22. The molecule has 1 aromatic carbocycles. The Balaban J connectivity index is 1.46. The Labute approximate surface area is 152 Å². The molecule has 3 N–H and O–H groups in total. The second-order valence-corrected chi connectivity index (χ2v) is 7.22. The molecule has 7 nitrogen and oxygen atoms in total. The van der Waals surface area contributed by atoms with E-state index in [0.29, 0.717) is 28.8 Å². The first-order valence-electron chi connectivity index (χ1n) is 7.84. The third-order valence-electron chi connectivity index (χ3n) is 3.95. The second kappa shape index (κ2) is 6.91. The minimum Gasteiger partial charge on any atom is -0.312 e. The fraction of sp³-hybridized carbons (Fsp3) is 0.250. The van der Waals surface area contributed by atoms with Crippen molar-refractivity contribution in [1.82, 2.24) is 25.7 Å². The van der Waals surface area contributed by atoms with Gasteiger partial charge in [-0.15, -0.1) is 10.2 Å². The number of amides is 1. The van der Waals surface area contributed by atoms with Crippen molar-refractivity contribution in [3.63, 3.8) is 0 Å². The highest BCUT2D eigenvalue weighted by Crippen LogP contribution is 2.22. The maximum atomic E-state index is 12.5. The Morgan fingerprint density at radius 3 is 3.16 bits per heavy atom. The molecule has 128 valence electrons. The number of nitrogens with one attached hydrogen (secondary N) is 3. The van der Waals surface area contributed by atoms with Gasteiger partial charge in [0.05, 0.1) is 0 Å². The summed E-state index contributed by atoms with van der Waals surface area (Å²) in [7, 11) is 0. The van der Waals surface area contributed by atoms with E-state index >= 15 is 0 Å². The van der Waals surface area contributed by atoms with Crippen LogP contribution in [0.1, 0.15) is 32.3 Å². The van der Waals surface area contributed by atoms with Crippen molar-refractivity contribution < 1.29 is 4.79 Å². The van der Waals surface area contributed by atoms with Crippen LogP contribution < -0.4 is 10.6 Å². The van der Waals surface area contributed by atoms with Crippen LogP contribution in [0.2, 0.25) is 5.02 Å². The lowest BCUT2D eigenvalue weighted by atomic mass is 10.1. The van der Waals surface area contributed by atoms with E-state index < -0.39 is 0 Å². The van der Waals surface area contributed by atoms with Crippen LogP contribution in [0.5, 0.6) is 0 Å². The predicted molar refractivity (Wildman–Crippen MR) is 96.1 cm³/mol. The van der Waals surface area contributed by atoms with Crippen molar-refractivity contribution in [3.8, 4) is 0 Å². The van der Waals surface area contributed by atoms with E-state index in [1.807, 2.05) is 24.3 Å². The summed E-state index contributed by atoms with van der Waals surface area (Å²) in [5, 5.41) is 23.2. The molecule has 4 rings (SSSR count). The molecule has 0 bridgehead atoms. The monoisotopic (exact) mass is 374 g/mol. The van der Waals surface area contributed by atoms with Gasteiger partial charge in [-0.1, -0.05) is 35.1 Å². The van der Waals surface area contributed by atoms with Crippen LogP contribution in [-0.4, -0.2) is 32.8 Å². The number of anilines is 1. The average molecular weight is 375 g/mol. The summed E-state index contributed by atoms with van der Waals surface area (Å²) in [5.74, 6) is -0.272. The smallest absolute Gasteiger partial charge is 0.278 e. The van der Waals surface area contributed by atoms with E-state index in [1.54, 1.807) is 0 Å². The van der Waals surface area contributed by atoms with Crippen molar-refractivity contribution >= 4 is 34.0 Å². The number of fused-ring (bicyclic) bond motifs is 1. The number of aromatic amines is 1. The van der Waals surface area contributed by atoms with Crippen LogP contribution in [0, 0.1) is 0 Å². The van der Waals surface area contributed by atoms with E-state index in [9.17, 15) is 4.79 Å². The van der Waals surface area contributed by atoms with Gasteiger partial charge < -0.3 is 5.32 Å². The lowest BCUT2D eigenvalue weighted by molar-refractivity contribution is 0.102. The molecule has 0 spiro atoms. The number of nitrogens with zero attached hydrogens (tertiary/aromatic N) is 3. The molecular formula is C16H15ClN6OS. The number of aromatic nitrogens is 4. The third kappa shape index (κ3) is 3.55. The van der Waals surface area contributed by atoms with E-state index in [1.165, 1.54) is 11.3 Å². The van der Waals surface area contributed by atoms with Crippen LogP contribution in [-0.2, 0) is 19.4 Å². The van der Waals surface area contributed by atoms with E-state index in [2.05, 4.69) is 31.0 Å². The van der Waals surface area contributed by atoms with Crippen LogP contribution in [0.4, 0.5) is 5.13 Å². The molecule has 1 aliphatic rings. The van der Waals surface area contributed by atoms with Gasteiger partial charge in [-0.05, 0) is 17.7 Å². The highest BCUT2D eigenvalue weighted by molar-refractivity contribution is 7.15. The van der Waals surface area contributed by atoms with Crippen molar-refractivity contribution in [1.29, 1.82) is 0 Å². The standard InChI is InChI=1S/C16H15ClN6OS/c17-10-3-1-2-9(6-10)7-13-21-23-16(25-13)19-15(24)14-11-8-18-5-4-12(11)20-22-14/h1-3,6,18H,4-5,7-8H2,(H,20,22)(H,19,23,24). The molecule has 0 saturated heterocycles. The van der Waals surface area contributed by atoms with E-state index in [0.717, 1.165) is 34.8 Å². The SMILES string of the molecule is O=C(Nc1nnc(Cc2cccc(Cl)c2)s1)c1n[nH]c2c1CNCC2. The lowest BCUT2D eigenvalue weighted by Gasteiger charge is -2.12. The Morgan fingerprint density at radius 2 is 2.28 bits per heavy atom. The topological polar surface area (TPSA) is 95.6 Å². The quantitative estimate of drug-likeness (QED) is 0.651. The maximum absolute atomic E-state index is 12.5. The zero-order chi connectivity index (χ0) is 17.2. The number of halogens is 1. The van der Waals surface area contributed by atoms with Crippen LogP contribution in [0.15, 0.2) is 24.3 Å². The Morgan fingerprint density at radius 1 is 1.36 bits per heavy atom. The molecule has 3 aromatic rings. The van der Waals surface area contributed by atoms with Gasteiger partial charge in [0.25, 0.3) is 5.91 Å². The van der Waals surface area contributed by atoms with Crippen LogP contribution in [0.3, 0.4) is 0 Å². The number of rotatable bonds is 4. The molecule has 0 atom stereocenters. The molecule has 1 amide bonds. The Kier molecular flexibility index (Phi) is 4.48. The normalized spacial score (nSPS) is 13.5. The van der Waals surface area contributed by atoms with Gasteiger partial charge in [0.2, 0.25) is 5.13 Å². The highest BCUT2D eigenvalue weighted by atomic mass is 35.5. The number of H-pyrrole nitrogens is 1. The van der Waals surface area contributed by atoms with Crippen molar-refractivity contribution in [2.75, 3.05) is 11.9 Å². The van der Waals surface area contributed by atoms with Crippen molar-refractivity contribution in [2.45, 2.75) is 19.4 Å². The van der Waals surface area contributed by atoms with Gasteiger partial charge in [0.1, 0.15) is 5.01 Å². The molecular weight excluding hydrogens is 360 g/mol. The van der Waals surface area contributed by atoms with Gasteiger partial charge in [-0.2, -0.15) is 5.10 Å². The summed E-state index contributed by atoms with van der Waals surface area (Å²) in [4.78, 5) is 12.5. The average Bonchev–Trinajstić information content (AvgIpc) is 3.21. The van der Waals surface area contributed by atoms with Gasteiger partial charge in [-0.3, -0.25) is 15.2 Å². The summed E-state index contributed by atoms with van der Waals surface area (Å²) in [6.45, 7) is 1.53. The molecule has 25 heavy (non-hydrogen) atoms. The summed E-state index contributed by atoms with van der Waals surface area (Å²) in [6.07, 6.45) is 1.47. The first-order chi connectivity index (χ1) is 12.2. The largest absolute Gasteiger partial charge is 0.312 e. The van der Waals surface area contributed by atoms with Gasteiger partial charge in [0.15, 0.2) is 5.69 Å². The van der Waals surface area contributed by atoms with E-state index in [-0.39, 0.29) is 5.91 Å². The Bertz CT molecular complexity index is 921. The van der Waals surface area contributed by atoms with Crippen LogP contribution in [0.25, 0.3) is 0 Å². The molecule has 0 radical (unpaired) electrons.